The van der Waals surface area contributed by atoms with Gasteiger partial charge in [0.25, 0.3) is 0 Å². The zero-order chi connectivity index (χ0) is 17.3. The fourth-order valence-electron chi connectivity index (χ4n) is 3.08. The molecule has 0 spiro atoms. The summed E-state index contributed by atoms with van der Waals surface area (Å²) in [6, 6.07) is 9.74. The molecular formula is C17H19ClN2O3S. The molecule has 5 nitrogen and oxygen atoms in total. The van der Waals surface area contributed by atoms with Crippen LogP contribution >= 0.6 is 11.6 Å². The van der Waals surface area contributed by atoms with Gasteiger partial charge in [-0.2, -0.15) is 0 Å². The van der Waals surface area contributed by atoms with Gasteiger partial charge in [-0.25, -0.2) is 13.4 Å². The third kappa shape index (κ3) is 3.82. The lowest BCUT2D eigenvalue weighted by molar-refractivity contribution is 0.328. The molecule has 0 unspecified atom stereocenters. The number of hydrogen-bond acceptors (Lipinski definition) is 4. The molecule has 1 aliphatic carbocycles. The zero-order valence-electron chi connectivity index (χ0n) is 13.5. The molecular weight excluding hydrogens is 348 g/mol. The SMILES string of the molecule is COc1ncc(NS(C)(=O)=O)cc1C1CC(c2ccc(Cl)cc2)C1. The van der Waals surface area contributed by atoms with E-state index in [-0.39, 0.29) is 0 Å². The maximum atomic E-state index is 11.4. The van der Waals surface area contributed by atoms with E-state index in [1.54, 1.807) is 7.11 Å². The van der Waals surface area contributed by atoms with Crippen molar-refractivity contribution in [2.24, 2.45) is 0 Å². The van der Waals surface area contributed by atoms with Gasteiger partial charge in [-0.05, 0) is 48.4 Å². The second-order valence-corrected chi connectivity index (χ2v) is 8.30. The van der Waals surface area contributed by atoms with Crippen molar-refractivity contribution in [3.63, 3.8) is 0 Å². The van der Waals surface area contributed by atoms with Crippen LogP contribution in [-0.2, 0) is 10.0 Å². The van der Waals surface area contributed by atoms with Crippen LogP contribution in [-0.4, -0.2) is 26.8 Å². The highest BCUT2D eigenvalue weighted by atomic mass is 35.5. The quantitative estimate of drug-likeness (QED) is 0.874. The molecule has 1 heterocycles. The van der Waals surface area contributed by atoms with Gasteiger partial charge < -0.3 is 4.74 Å². The van der Waals surface area contributed by atoms with E-state index < -0.39 is 10.0 Å². The van der Waals surface area contributed by atoms with Crippen molar-refractivity contribution in [3.05, 3.63) is 52.7 Å². The van der Waals surface area contributed by atoms with Crippen LogP contribution in [0.2, 0.25) is 5.02 Å². The molecule has 3 rings (SSSR count). The number of aromatic nitrogens is 1. The minimum Gasteiger partial charge on any atom is -0.481 e. The topological polar surface area (TPSA) is 68.3 Å². The largest absolute Gasteiger partial charge is 0.481 e. The van der Waals surface area contributed by atoms with Crippen molar-refractivity contribution in [3.8, 4) is 5.88 Å². The van der Waals surface area contributed by atoms with Gasteiger partial charge in [0.1, 0.15) is 0 Å². The average molecular weight is 367 g/mol. The van der Waals surface area contributed by atoms with E-state index in [1.807, 2.05) is 18.2 Å². The first kappa shape index (κ1) is 17.0. The lowest BCUT2D eigenvalue weighted by atomic mass is 9.68. The third-order valence-corrected chi connectivity index (χ3v) is 5.15. The number of sulfonamides is 1. The van der Waals surface area contributed by atoms with Gasteiger partial charge >= 0.3 is 0 Å². The van der Waals surface area contributed by atoms with Crippen LogP contribution in [0.4, 0.5) is 5.69 Å². The molecule has 1 N–H and O–H groups in total. The van der Waals surface area contributed by atoms with Gasteiger partial charge in [-0.3, -0.25) is 4.72 Å². The Labute approximate surface area is 147 Å². The molecule has 0 bridgehead atoms. The Morgan fingerprint density at radius 3 is 2.46 bits per heavy atom. The predicted molar refractivity (Wildman–Crippen MR) is 95.4 cm³/mol. The average Bonchev–Trinajstić information content (AvgIpc) is 2.46. The normalized spacial score (nSPS) is 20.3. The van der Waals surface area contributed by atoms with E-state index in [9.17, 15) is 8.42 Å². The van der Waals surface area contributed by atoms with Crippen LogP contribution in [0.25, 0.3) is 0 Å². The summed E-state index contributed by atoms with van der Waals surface area (Å²) in [6.45, 7) is 0. The fourth-order valence-corrected chi connectivity index (χ4v) is 3.75. The van der Waals surface area contributed by atoms with Crippen LogP contribution < -0.4 is 9.46 Å². The van der Waals surface area contributed by atoms with Crippen molar-refractivity contribution >= 4 is 27.3 Å². The van der Waals surface area contributed by atoms with Crippen LogP contribution in [0.3, 0.4) is 0 Å². The van der Waals surface area contributed by atoms with E-state index in [1.165, 1.54) is 11.8 Å². The molecule has 1 fully saturated rings. The highest BCUT2D eigenvalue weighted by molar-refractivity contribution is 7.92. The first-order valence-corrected chi connectivity index (χ1v) is 9.90. The number of nitrogens with one attached hydrogen (secondary N) is 1. The number of benzene rings is 1. The van der Waals surface area contributed by atoms with Crippen molar-refractivity contribution in [2.45, 2.75) is 24.7 Å². The van der Waals surface area contributed by atoms with E-state index in [0.717, 1.165) is 29.7 Å². The summed E-state index contributed by atoms with van der Waals surface area (Å²) in [5, 5.41) is 0.736. The molecule has 0 amide bonds. The first-order valence-electron chi connectivity index (χ1n) is 7.63. The van der Waals surface area contributed by atoms with Crippen molar-refractivity contribution in [2.75, 3.05) is 18.1 Å². The van der Waals surface area contributed by atoms with Crippen molar-refractivity contribution in [1.29, 1.82) is 0 Å². The molecule has 24 heavy (non-hydrogen) atoms. The second kappa shape index (κ2) is 6.61. The van der Waals surface area contributed by atoms with Crippen molar-refractivity contribution in [1.82, 2.24) is 4.98 Å². The van der Waals surface area contributed by atoms with Gasteiger partial charge in [0, 0.05) is 10.6 Å². The van der Waals surface area contributed by atoms with Crippen LogP contribution in [0.5, 0.6) is 5.88 Å². The Balaban J connectivity index is 1.77. The summed E-state index contributed by atoms with van der Waals surface area (Å²) in [5.41, 5.74) is 2.67. The molecule has 0 radical (unpaired) electrons. The molecule has 0 aliphatic heterocycles. The van der Waals surface area contributed by atoms with E-state index in [2.05, 4.69) is 21.8 Å². The molecule has 0 atom stereocenters. The summed E-state index contributed by atoms with van der Waals surface area (Å²) in [7, 11) is -1.75. The summed E-state index contributed by atoms with van der Waals surface area (Å²) in [5.74, 6) is 1.33. The molecule has 1 aromatic heterocycles. The number of pyridine rings is 1. The molecule has 7 heteroatoms. The number of halogens is 1. The molecule has 1 saturated carbocycles. The molecule has 128 valence electrons. The van der Waals surface area contributed by atoms with Crippen LogP contribution in [0.15, 0.2) is 36.5 Å². The Bertz CT molecular complexity index is 831. The zero-order valence-corrected chi connectivity index (χ0v) is 15.1. The number of hydrogen-bond donors (Lipinski definition) is 1. The Morgan fingerprint density at radius 1 is 1.21 bits per heavy atom. The maximum Gasteiger partial charge on any atom is 0.229 e. The Morgan fingerprint density at radius 2 is 1.88 bits per heavy atom. The summed E-state index contributed by atoms with van der Waals surface area (Å²) < 4.78 is 30.6. The highest BCUT2D eigenvalue weighted by Crippen LogP contribution is 2.49. The van der Waals surface area contributed by atoms with Gasteiger partial charge in [-0.1, -0.05) is 23.7 Å². The molecule has 1 aromatic carbocycles. The highest BCUT2D eigenvalue weighted by Gasteiger charge is 2.33. The monoisotopic (exact) mass is 366 g/mol. The van der Waals surface area contributed by atoms with Crippen molar-refractivity contribution < 1.29 is 13.2 Å². The van der Waals surface area contributed by atoms with E-state index in [0.29, 0.717) is 23.4 Å². The lowest BCUT2D eigenvalue weighted by Gasteiger charge is -2.36. The molecule has 1 aliphatic rings. The first-order chi connectivity index (χ1) is 11.4. The van der Waals surface area contributed by atoms with Gasteiger partial charge in [0.05, 0.1) is 25.2 Å². The second-order valence-electron chi connectivity index (χ2n) is 6.11. The number of ether oxygens (including phenoxy) is 1. The number of anilines is 1. The van der Waals surface area contributed by atoms with Crippen LogP contribution in [0, 0.1) is 0 Å². The Kier molecular flexibility index (Phi) is 4.69. The fraction of sp³-hybridized carbons (Fsp3) is 0.353. The minimum atomic E-state index is -3.33. The standard InChI is InChI=1S/C17H19ClN2O3S/c1-23-17-16(9-15(10-19-17)20-24(2,21)22)13-7-12(8-13)11-3-5-14(18)6-4-11/h3-6,9-10,12-13,20H,7-8H2,1-2H3. The molecule has 2 aromatic rings. The summed E-state index contributed by atoms with van der Waals surface area (Å²) >= 11 is 5.93. The van der Waals surface area contributed by atoms with Gasteiger partial charge in [0.2, 0.25) is 15.9 Å². The number of nitrogens with zero attached hydrogens (tertiary/aromatic N) is 1. The van der Waals surface area contributed by atoms with Gasteiger partial charge in [0.15, 0.2) is 0 Å². The third-order valence-electron chi connectivity index (χ3n) is 4.29. The maximum absolute atomic E-state index is 11.4. The minimum absolute atomic E-state index is 0.300. The smallest absolute Gasteiger partial charge is 0.229 e. The predicted octanol–water partition coefficient (Wildman–Crippen LogP) is 3.78. The number of rotatable bonds is 5. The van der Waals surface area contributed by atoms with E-state index in [4.69, 9.17) is 16.3 Å². The summed E-state index contributed by atoms with van der Waals surface area (Å²) in [6.07, 6.45) is 4.54. The lowest BCUT2D eigenvalue weighted by Crippen LogP contribution is -2.21. The Hall–Kier alpha value is -1.79. The summed E-state index contributed by atoms with van der Waals surface area (Å²) in [4.78, 5) is 4.23. The molecule has 0 saturated heterocycles. The van der Waals surface area contributed by atoms with Crippen LogP contribution in [0.1, 0.15) is 35.8 Å². The van der Waals surface area contributed by atoms with E-state index >= 15 is 0 Å². The number of methoxy groups -OCH3 is 1. The van der Waals surface area contributed by atoms with Gasteiger partial charge in [-0.15, -0.1) is 0 Å².